The minimum Gasteiger partial charge on any atom is -0.398 e. The predicted molar refractivity (Wildman–Crippen MR) is 75.2 cm³/mol. The van der Waals surface area contributed by atoms with Gasteiger partial charge >= 0.3 is 0 Å². The Hall–Kier alpha value is -1.72. The Bertz CT molecular complexity index is 674. The Labute approximate surface area is 112 Å². The fourth-order valence-electron chi connectivity index (χ4n) is 1.76. The first-order valence-electron chi connectivity index (χ1n) is 5.30. The van der Waals surface area contributed by atoms with E-state index >= 15 is 0 Å². The van der Waals surface area contributed by atoms with Gasteiger partial charge in [0.05, 0.1) is 4.88 Å². The van der Waals surface area contributed by atoms with Gasteiger partial charge in [-0.1, -0.05) is 12.1 Å². The lowest BCUT2D eigenvalue weighted by Gasteiger charge is -2.05. The molecule has 2 N–H and O–H groups in total. The Morgan fingerprint density at radius 1 is 1.06 bits per heavy atom. The second-order valence-electron chi connectivity index (χ2n) is 3.78. The molecule has 0 saturated carbocycles. The molecule has 2 heterocycles. The summed E-state index contributed by atoms with van der Waals surface area (Å²) < 4.78 is 17.1. The molecule has 0 amide bonds. The molecule has 0 bridgehead atoms. The van der Waals surface area contributed by atoms with Crippen molar-refractivity contribution < 1.29 is 4.39 Å². The summed E-state index contributed by atoms with van der Waals surface area (Å²) in [6.07, 6.45) is 1.76. The van der Waals surface area contributed by atoms with Crippen LogP contribution in [0.15, 0.2) is 42.6 Å². The average Bonchev–Trinajstić information content (AvgIpc) is 2.99. The number of aromatic nitrogens is 1. The van der Waals surface area contributed by atoms with Crippen LogP contribution in [0.1, 0.15) is 0 Å². The lowest BCUT2D eigenvalue weighted by Crippen LogP contribution is -1.89. The Morgan fingerprint density at radius 3 is 2.56 bits per heavy atom. The van der Waals surface area contributed by atoms with Crippen LogP contribution in [0, 0.1) is 5.13 Å². The van der Waals surface area contributed by atoms with Crippen molar-refractivity contribution in [2.24, 2.45) is 0 Å². The van der Waals surface area contributed by atoms with Crippen LogP contribution < -0.4 is 5.73 Å². The summed E-state index contributed by atoms with van der Waals surface area (Å²) >= 11 is 2.53. The van der Waals surface area contributed by atoms with Crippen LogP contribution >= 0.6 is 22.9 Å². The number of benzene rings is 1. The maximum Gasteiger partial charge on any atom is 0.176 e. The molecular formula is C13H9FN2S2. The molecule has 90 valence electrons. The van der Waals surface area contributed by atoms with E-state index in [0.29, 0.717) is 5.69 Å². The van der Waals surface area contributed by atoms with Crippen molar-refractivity contribution >= 4 is 28.6 Å². The number of thiophene rings is 1. The molecule has 0 unspecified atom stereocenters. The highest BCUT2D eigenvalue weighted by atomic mass is 32.1. The molecule has 0 radical (unpaired) electrons. The SMILES string of the molecule is Nc1cc(-c2ccns2)ccc1-c1ccc(F)s1. The van der Waals surface area contributed by atoms with Gasteiger partial charge in [0.15, 0.2) is 5.13 Å². The quantitative estimate of drug-likeness (QED) is 0.710. The van der Waals surface area contributed by atoms with Gasteiger partial charge in [-0.15, -0.1) is 11.3 Å². The minimum absolute atomic E-state index is 0.198. The van der Waals surface area contributed by atoms with Gasteiger partial charge in [-0.2, -0.15) is 4.39 Å². The molecule has 0 spiro atoms. The standard InChI is InChI=1S/C13H9FN2S2/c14-13-4-3-12(17-13)9-2-1-8(7-10(9)15)11-5-6-16-18-11/h1-7H,15H2. The van der Waals surface area contributed by atoms with Crippen molar-refractivity contribution in [3.63, 3.8) is 0 Å². The van der Waals surface area contributed by atoms with Crippen LogP contribution in [0.25, 0.3) is 20.9 Å². The fraction of sp³-hybridized carbons (Fsp3) is 0. The molecular weight excluding hydrogens is 267 g/mol. The number of anilines is 1. The predicted octanol–water partition coefficient (Wildman–Crippen LogP) is 4.26. The van der Waals surface area contributed by atoms with Crippen LogP contribution in [-0.4, -0.2) is 4.37 Å². The molecule has 3 rings (SSSR count). The van der Waals surface area contributed by atoms with Gasteiger partial charge < -0.3 is 5.73 Å². The number of halogens is 1. The highest BCUT2D eigenvalue weighted by Gasteiger charge is 2.08. The topological polar surface area (TPSA) is 38.9 Å². The van der Waals surface area contributed by atoms with Crippen LogP contribution in [-0.2, 0) is 0 Å². The number of nitrogens with zero attached hydrogens (tertiary/aromatic N) is 1. The van der Waals surface area contributed by atoms with E-state index in [0.717, 1.165) is 32.2 Å². The molecule has 0 saturated heterocycles. The van der Waals surface area contributed by atoms with Crippen LogP contribution in [0.5, 0.6) is 0 Å². The van der Waals surface area contributed by atoms with Crippen LogP contribution in [0.2, 0.25) is 0 Å². The molecule has 18 heavy (non-hydrogen) atoms. The van der Waals surface area contributed by atoms with Crippen molar-refractivity contribution in [1.29, 1.82) is 0 Å². The average molecular weight is 276 g/mol. The number of nitrogen functional groups attached to an aromatic ring is 1. The van der Waals surface area contributed by atoms with Gasteiger partial charge in [-0.05, 0) is 41.4 Å². The first-order valence-corrected chi connectivity index (χ1v) is 6.89. The third kappa shape index (κ3) is 2.02. The first-order chi connectivity index (χ1) is 8.74. The summed E-state index contributed by atoms with van der Waals surface area (Å²) in [5.41, 5.74) is 8.60. The molecule has 0 atom stereocenters. The van der Waals surface area contributed by atoms with E-state index in [1.54, 1.807) is 12.3 Å². The summed E-state index contributed by atoms with van der Waals surface area (Å²) in [4.78, 5) is 1.92. The van der Waals surface area contributed by atoms with Crippen molar-refractivity contribution in [2.75, 3.05) is 5.73 Å². The smallest absolute Gasteiger partial charge is 0.176 e. The first kappa shape index (κ1) is 11.4. The van der Waals surface area contributed by atoms with Crippen LogP contribution in [0.3, 0.4) is 0 Å². The second-order valence-corrected chi connectivity index (χ2v) is 5.65. The lowest BCUT2D eigenvalue weighted by atomic mass is 10.1. The highest BCUT2D eigenvalue weighted by Crippen LogP contribution is 2.34. The zero-order valence-electron chi connectivity index (χ0n) is 9.26. The number of nitrogens with two attached hydrogens (primary N) is 1. The molecule has 0 aliphatic carbocycles. The molecule has 3 aromatic rings. The summed E-state index contributed by atoms with van der Waals surface area (Å²) in [5, 5.41) is -0.198. The molecule has 5 heteroatoms. The normalized spacial score (nSPS) is 10.7. The van der Waals surface area contributed by atoms with Crippen LogP contribution in [0.4, 0.5) is 10.1 Å². The van der Waals surface area contributed by atoms with E-state index in [1.807, 2.05) is 24.3 Å². The zero-order chi connectivity index (χ0) is 12.5. The maximum absolute atomic E-state index is 13.0. The third-order valence-electron chi connectivity index (χ3n) is 2.61. The van der Waals surface area contributed by atoms with Crippen molar-refractivity contribution in [1.82, 2.24) is 4.37 Å². The fourth-order valence-corrected chi connectivity index (χ4v) is 3.13. The second kappa shape index (κ2) is 4.51. The monoisotopic (exact) mass is 276 g/mol. The third-order valence-corrected chi connectivity index (χ3v) is 4.32. The van der Waals surface area contributed by atoms with Gasteiger partial charge in [0.25, 0.3) is 0 Å². The maximum atomic E-state index is 13.0. The minimum atomic E-state index is -0.198. The van der Waals surface area contributed by atoms with Crippen molar-refractivity contribution in [3.8, 4) is 20.9 Å². The summed E-state index contributed by atoms with van der Waals surface area (Å²) in [5.74, 6) is 0. The molecule has 0 aliphatic heterocycles. The van der Waals surface area contributed by atoms with Gasteiger partial charge in [0.1, 0.15) is 0 Å². The summed E-state index contributed by atoms with van der Waals surface area (Å²) in [7, 11) is 0. The molecule has 2 aromatic heterocycles. The zero-order valence-corrected chi connectivity index (χ0v) is 10.9. The summed E-state index contributed by atoms with van der Waals surface area (Å²) in [6, 6.07) is 11.0. The molecule has 2 nitrogen and oxygen atoms in total. The van der Waals surface area contributed by atoms with Gasteiger partial charge in [0.2, 0.25) is 0 Å². The molecule has 0 aliphatic rings. The lowest BCUT2D eigenvalue weighted by molar-refractivity contribution is 0.657. The van der Waals surface area contributed by atoms with E-state index < -0.39 is 0 Å². The molecule has 0 fully saturated rings. The largest absolute Gasteiger partial charge is 0.398 e. The highest BCUT2D eigenvalue weighted by molar-refractivity contribution is 7.14. The van der Waals surface area contributed by atoms with E-state index in [1.165, 1.54) is 17.6 Å². The van der Waals surface area contributed by atoms with E-state index in [2.05, 4.69) is 4.37 Å². The Balaban J connectivity index is 2.04. The number of rotatable bonds is 2. The van der Waals surface area contributed by atoms with E-state index in [9.17, 15) is 4.39 Å². The number of hydrogen-bond donors (Lipinski definition) is 1. The van der Waals surface area contributed by atoms with E-state index in [-0.39, 0.29) is 5.13 Å². The number of hydrogen-bond acceptors (Lipinski definition) is 4. The van der Waals surface area contributed by atoms with Crippen molar-refractivity contribution in [2.45, 2.75) is 0 Å². The Kier molecular flexibility index (Phi) is 2.85. The molecule has 1 aromatic carbocycles. The van der Waals surface area contributed by atoms with Crippen molar-refractivity contribution in [3.05, 3.63) is 47.7 Å². The summed E-state index contributed by atoms with van der Waals surface area (Å²) in [6.45, 7) is 0. The van der Waals surface area contributed by atoms with Gasteiger partial charge in [0, 0.05) is 22.3 Å². The van der Waals surface area contributed by atoms with Gasteiger partial charge in [-0.3, -0.25) is 0 Å². The van der Waals surface area contributed by atoms with E-state index in [4.69, 9.17) is 5.73 Å². The Morgan fingerprint density at radius 2 is 1.94 bits per heavy atom. The van der Waals surface area contributed by atoms with Gasteiger partial charge in [-0.25, -0.2) is 4.37 Å².